The van der Waals surface area contributed by atoms with E-state index >= 15 is 0 Å². The summed E-state index contributed by atoms with van der Waals surface area (Å²) in [7, 11) is 0. The lowest BCUT2D eigenvalue weighted by atomic mass is 10.9. The molecule has 0 radical (unpaired) electrons. The number of nitrogens with zero attached hydrogens (tertiary/aromatic N) is 5. The topological polar surface area (TPSA) is 56.5 Å². The second kappa shape index (κ2) is 2.14. The van der Waals surface area contributed by atoms with E-state index in [2.05, 4.69) is 20.4 Å². The van der Waals surface area contributed by atoms with E-state index < -0.39 is 0 Å². The van der Waals surface area contributed by atoms with Crippen molar-refractivity contribution in [1.82, 2.24) is 25.2 Å². The molecule has 0 aliphatic carbocycles. The third-order valence-electron chi connectivity index (χ3n) is 0.965. The third-order valence-corrected chi connectivity index (χ3v) is 1.70. The van der Waals surface area contributed by atoms with Gasteiger partial charge in [-0.05, 0) is 5.21 Å². The van der Waals surface area contributed by atoms with Crippen molar-refractivity contribution in [3.8, 4) is 5.00 Å². The van der Waals surface area contributed by atoms with E-state index in [0.717, 1.165) is 5.00 Å². The van der Waals surface area contributed by atoms with Crippen LogP contribution in [0, 0.1) is 0 Å². The number of rotatable bonds is 1. The molecule has 0 atom stereocenters. The minimum atomic E-state index is 0.873. The van der Waals surface area contributed by atoms with Crippen LogP contribution < -0.4 is 0 Å². The van der Waals surface area contributed by atoms with Gasteiger partial charge in [0.1, 0.15) is 0 Å². The second-order valence-electron chi connectivity index (χ2n) is 1.56. The Hall–Kier alpha value is -1.30. The van der Waals surface area contributed by atoms with Gasteiger partial charge in [0.25, 0.3) is 0 Å². The molecule has 0 saturated heterocycles. The molecule has 0 N–H and O–H groups in total. The van der Waals surface area contributed by atoms with Crippen LogP contribution in [0.3, 0.4) is 0 Å². The summed E-state index contributed by atoms with van der Waals surface area (Å²) >= 11 is 1.47. The molecule has 0 spiro atoms. The lowest BCUT2D eigenvalue weighted by molar-refractivity contribution is 0.729. The van der Waals surface area contributed by atoms with Gasteiger partial charge in [-0.3, -0.25) is 4.98 Å². The molecule has 0 bridgehead atoms. The Morgan fingerprint density at radius 1 is 1.50 bits per heavy atom. The monoisotopic (exact) mass is 153 g/mol. The molecule has 50 valence electrons. The van der Waals surface area contributed by atoms with Crippen molar-refractivity contribution in [3.05, 3.63) is 18.0 Å². The zero-order valence-electron chi connectivity index (χ0n) is 4.88. The fourth-order valence-electron chi connectivity index (χ4n) is 0.576. The highest BCUT2D eigenvalue weighted by Crippen LogP contribution is 2.07. The van der Waals surface area contributed by atoms with Gasteiger partial charge in [0, 0.05) is 0 Å². The van der Waals surface area contributed by atoms with Crippen molar-refractivity contribution >= 4 is 11.3 Å². The number of tetrazole rings is 1. The van der Waals surface area contributed by atoms with Crippen LogP contribution in [0.5, 0.6) is 0 Å². The van der Waals surface area contributed by atoms with E-state index in [1.165, 1.54) is 22.5 Å². The van der Waals surface area contributed by atoms with Crippen molar-refractivity contribution in [2.75, 3.05) is 0 Å². The van der Waals surface area contributed by atoms with Gasteiger partial charge in [0.2, 0.25) is 0 Å². The van der Waals surface area contributed by atoms with Crippen LogP contribution in [0.4, 0.5) is 0 Å². The Bertz CT molecular complexity index is 253. The molecule has 2 heterocycles. The highest BCUT2D eigenvalue weighted by molar-refractivity contribution is 7.12. The number of hydrogen-bond donors (Lipinski definition) is 0. The maximum Gasteiger partial charge on any atom is 0.162 e. The van der Waals surface area contributed by atoms with Crippen LogP contribution in [-0.2, 0) is 0 Å². The smallest absolute Gasteiger partial charge is 0.162 e. The zero-order chi connectivity index (χ0) is 6.81. The molecule has 0 fully saturated rings. The van der Waals surface area contributed by atoms with E-state index in [1.54, 1.807) is 11.7 Å². The Kier molecular flexibility index (Phi) is 1.17. The normalized spacial score (nSPS) is 10.0. The molecule has 0 unspecified atom stereocenters. The molecule has 0 amide bonds. The first-order valence-corrected chi connectivity index (χ1v) is 3.46. The van der Waals surface area contributed by atoms with E-state index in [1.807, 2.05) is 0 Å². The molecule has 0 aliphatic rings. The predicted octanol–water partition coefficient (Wildman–Crippen LogP) is 0.119. The number of aromatic nitrogens is 5. The Morgan fingerprint density at radius 2 is 2.50 bits per heavy atom. The Labute approximate surface area is 60.3 Å². The first-order chi connectivity index (χ1) is 4.97. The average Bonchev–Trinajstić information content (AvgIpc) is 2.59. The minimum absolute atomic E-state index is 0.873. The van der Waals surface area contributed by atoms with Gasteiger partial charge in [-0.1, -0.05) is 0 Å². The first-order valence-electron chi connectivity index (χ1n) is 2.58. The van der Waals surface area contributed by atoms with Gasteiger partial charge >= 0.3 is 0 Å². The summed E-state index contributed by atoms with van der Waals surface area (Å²) in [6.45, 7) is 0. The summed E-state index contributed by atoms with van der Waals surface area (Å²) in [6.07, 6.45) is 3.08. The molecular formula is C4H3N5S. The number of thiazole rings is 1. The lowest BCUT2D eigenvalue weighted by Gasteiger charge is -1.85. The Morgan fingerprint density at radius 3 is 3.10 bits per heavy atom. The molecule has 2 rings (SSSR count). The molecule has 2 aromatic rings. The van der Waals surface area contributed by atoms with Crippen LogP contribution in [-0.4, -0.2) is 25.2 Å². The summed E-state index contributed by atoms with van der Waals surface area (Å²) in [6, 6.07) is 0. The predicted molar refractivity (Wildman–Crippen MR) is 34.8 cm³/mol. The summed E-state index contributed by atoms with van der Waals surface area (Å²) in [5.74, 6) is 0. The molecule has 0 aromatic carbocycles. The van der Waals surface area contributed by atoms with Crippen molar-refractivity contribution in [2.45, 2.75) is 0 Å². The van der Waals surface area contributed by atoms with Gasteiger partial charge in [0.05, 0.1) is 11.7 Å². The van der Waals surface area contributed by atoms with E-state index in [4.69, 9.17) is 0 Å². The largest absolute Gasteiger partial charge is 0.251 e. The van der Waals surface area contributed by atoms with Gasteiger partial charge < -0.3 is 0 Å². The van der Waals surface area contributed by atoms with Crippen LogP contribution in [0.1, 0.15) is 0 Å². The summed E-state index contributed by atoms with van der Waals surface area (Å²) in [5.41, 5.74) is 1.72. The maximum absolute atomic E-state index is 3.87. The van der Waals surface area contributed by atoms with Crippen LogP contribution in [0.2, 0.25) is 0 Å². The van der Waals surface area contributed by atoms with Crippen molar-refractivity contribution in [1.29, 1.82) is 0 Å². The summed E-state index contributed by atoms with van der Waals surface area (Å²) < 4.78 is 0. The highest BCUT2D eigenvalue weighted by Gasteiger charge is 1.96. The lowest BCUT2D eigenvalue weighted by Crippen LogP contribution is -1.94. The van der Waals surface area contributed by atoms with E-state index in [0.29, 0.717) is 0 Å². The van der Waals surface area contributed by atoms with Crippen LogP contribution >= 0.6 is 11.3 Å². The van der Waals surface area contributed by atoms with Gasteiger partial charge in [-0.2, -0.15) is 0 Å². The maximum atomic E-state index is 3.87. The van der Waals surface area contributed by atoms with Gasteiger partial charge in [-0.25, -0.2) is 0 Å². The average molecular weight is 153 g/mol. The SMILES string of the molecule is c1nnn(-c2cncs2)n1. The van der Waals surface area contributed by atoms with Crippen molar-refractivity contribution in [2.24, 2.45) is 0 Å². The third kappa shape index (κ3) is 0.781. The van der Waals surface area contributed by atoms with Crippen LogP contribution in [0.15, 0.2) is 18.0 Å². The van der Waals surface area contributed by atoms with Crippen molar-refractivity contribution < 1.29 is 0 Å². The summed E-state index contributed by atoms with van der Waals surface area (Å²) in [4.78, 5) is 5.30. The van der Waals surface area contributed by atoms with E-state index in [9.17, 15) is 0 Å². The molecule has 6 heteroatoms. The molecule has 2 aromatic heterocycles. The van der Waals surface area contributed by atoms with Gasteiger partial charge in [-0.15, -0.1) is 26.3 Å². The van der Waals surface area contributed by atoms with Gasteiger partial charge in [0.15, 0.2) is 11.3 Å². The standard InChI is InChI=1S/C4H3N5S/c1-4(10-3-5-1)9-7-2-6-8-9/h1-3H. The highest BCUT2D eigenvalue weighted by atomic mass is 32.1. The molecule has 0 aliphatic heterocycles. The Balaban J connectivity index is 2.48. The first kappa shape index (κ1) is 5.48. The fourth-order valence-corrected chi connectivity index (χ4v) is 1.11. The van der Waals surface area contributed by atoms with Crippen LogP contribution in [0.25, 0.3) is 5.00 Å². The molecule has 5 nitrogen and oxygen atoms in total. The molecule has 10 heavy (non-hydrogen) atoms. The zero-order valence-corrected chi connectivity index (χ0v) is 5.69. The molecular weight excluding hydrogens is 150 g/mol. The minimum Gasteiger partial charge on any atom is -0.251 e. The van der Waals surface area contributed by atoms with Crippen molar-refractivity contribution in [3.63, 3.8) is 0 Å². The fraction of sp³-hybridized carbons (Fsp3) is 0. The molecule has 0 saturated carbocycles. The second-order valence-corrected chi connectivity index (χ2v) is 2.43. The van der Waals surface area contributed by atoms with E-state index in [-0.39, 0.29) is 0 Å². The quantitative estimate of drug-likeness (QED) is 0.583. The number of hydrogen-bond acceptors (Lipinski definition) is 5. The summed E-state index contributed by atoms with van der Waals surface area (Å²) in [5, 5.41) is 11.9.